The van der Waals surface area contributed by atoms with Gasteiger partial charge in [0.2, 0.25) is 10.0 Å². The highest BCUT2D eigenvalue weighted by atomic mass is 32.2. The summed E-state index contributed by atoms with van der Waals surface area (Å²) >= 11 is 0. The van der Waals surface area contributed by atoms with Crippen LogP contribution in [0.15, 0.2) is 71.6 Å². The molecule has 0 spiro atoms. The van der Waals surface area contributed by atoms with Gasteiger partial charge in [0.15, 0.2) is 0 Å². The molecule has 1 heterocycles. The highest BCUT2D eigenvalue weighted by molar-refractivity contribution is 7.89. The molecule has 0 radical (unpaired) electrons. The summed E-state index contributed by atoms with van der Waals surface area (Å²) in [7, 11) is -2.52. The van der Waals surface area contributed by atoms with Gasteiger partial charge in [0.05, 0.1) is 24.8 Å². The second-order valence-electron chi connectivity index (χ2n) is 7.54. The number of amides is 2. The van der Waals surface area contributed by atoms with Crippen molar-refractivity contribution in [1.29, 1.82) is 0 Å². The Morgan fingerprint density at radius 1 is 0.875 bits per heavy atom. The fraction of sp³-hybridized carbons (Fsp3) is 0.167. The molecule has 0 bridgehead atoms. The standard InChI is InChI=1S/C24H22N2O5S/c1-16-7-9-17(10-8-16)14-25-32(29,30)22-13-18(11-12-21(22)31-2)15-26-23(27)19-5-3-4-6-20(19)24(26)28/h3-13,25H,14-15H2,1-2H3. The summed E-state index contributed by atoms with van der Waals surface area (Å²) in [6.45, 7) is 2.03. The van der Waals surface area contributed by atoms with E-state index in [4.69, 9.17) is 4.74 Å². The molecule has 8 heteroatoms. The Bertz CT molecular complexity index is 1270. The third-order valence-electron chi connectivity index (χ3n) is 5.32. The summed E-state index contributed by atoms with van der Waals surface area (Å²) < 4.78 is 33.9. The summed E-state index contributed by atoms with van der Waals surface area (Å²) in [5.41, 5.74) is 3.09. The van der Waals surface area contributed by atoms with Crippen molar-refractivity contribution in [3.8, 4) is 5.75 Å². The van der Waals surface area contributed by atoms with Gasteiger partial charge in [-0.2, -0.15) is 0 Å². The molecular formula is C24H22N2O5S. The van der Waals surface area contributed by atoms with Gasteiger partial charge in [-0.3, -0.25) is 14.5 Å². The van der Waals surface area contributed by atoms with Crippen molar-refractivity contribution in [2.75, 3.05) is 7.11 Å². The van der Waals surface area contributed by atoms with Gasteiger partial charge in [-0.15, -0.1) is 0 Å². The lowest BCUT2D eigenvalue weighted by molar-refractivity contribution is 0.0642. The Kier molecular flexibility index (Phi) is 5.82. The number of sulfonamides is 1. The average Bonchev–Trinajstić information content (AvgIpc) is 3.04. The van der Waals surface area contributed by atoms with Crippen molar-refractivity contribution < 1.29 is 22.7 Å². The van der Waals surface area contributed by atoms with Gasteiger partial charge in [0, 0.05) is 6.54 Å². The lowest BCUT2D eigenvalue weighted by Crippen LogP contribution is -2.29. The molecule has 1 N–H and O–H groups in total. The SMILES string of the molecule is COc1ccc(CN2C(=O)c3ccccc3C2=O)cc1S(=O)(=O)NCc1ccc(C)cc1. The van der Waals surface area contributed by atoms with Gasteiger partial charge in [0.1, 0.15) is 10.6 Å². The highest BCUT2D eigenvalue weighted by Crippen LogP contribution is 2.28. The zero-order valence-electron chi connectivity index (χ0n) is 17.7. The molecule has 4 rings (SSSR count). The number of carbonyl (C=O) groups excluding carboxylic acids is 2. The van der Waals surface area contributed by atoms with E-state index in [1.165, 1.54) is 19.2 Å². The van der Waals surface area contributed by atoms with E-state index in [2.05, 4.69) is 4.72 Å². The van der Waals surface area contributed by atoms with Gasteiger partial charge in [-0.25, -0.2) is 13.1 Å². The van der Waals surface area contributed by atoms with Crippen LogP contribution < -0.4 is 9.46 Å². The van der Waals surface area contributed by atoms with Crippen molar-refractivity contribution in [2.45, 2.75) is 24.9 Å². The van der Waals surface area contributed by atoms with Crippen LogP contribution in [0.5, 0.6) is 5.75 Å². The van der Waals surface area contributed by atoms with Gasteiger partial charge >= 0.3 is 0 Å². The monoisotopic (exact) mass is 450 g/mol. The first-order valence-corrected chi connectivity index (χ1v) is 11.5. The van der Waals surface area contributed by atoms with E-state index in [0.717, 1.165) is 16.0 Å². The minimum Gasteiger partial charge on any atom is -0.495 e. The predicted molar refractivity (Wildman–Crippen MR) is 119 cm³/mol. The molecule has 0 aromatic heterocycles. The molecule has 164 valence electrons. The number of nitrogens with zero attached hydrogens (tertiary/aromatic N) is 1. The highest BCUT2D eigenvalue weighted by Gasteiger charge is 2.35. The van der Waals surface area contributed by atoms with E-state index in [1.54, 1.807) is 30.3 Å². The zero-order valence-corrected chi connectivity index (χ0v) is 18.5. The average molecular weight is 451 g/mol. The van der Waals surface area contributed by atoms with E-state index in [-0.39, 0.29) is 23.7 Å². The molecule has 7 nitrogen and oxygen atoms in total. The second kappa shape index (κ2) is 8.57. The number of hydrogen-bond acceptors (Lipinski definition) is 5. The molecule has 0 unspecified atom stereocenters. The minimum atomic E-state index is -3.91. The van der Waals surface area contributed by atoms with Crippen LogP contribution in [-0.2, 0) is 23.1 Å². The summed E-state index contributed by atoms with van der Waals surface area (Å²) in [5.74, 6) is -0.626. The van der Waals surface area contributed by atoms with Crippen molar-refractivity contribution in [3.63, 3.8) is 0 Å². The molecule has 1 aliphatic heterocycles. The van der Waals surface area contributed by atoms with E-state index in [1.807, 2.05) is 31.2 Å². The van der Waals surface area contributed by atoms with Gasteiger partial charge in [-0.1, -0.05) is 48.0 Å². The first-order chi connectivity index (χ1) is 15.3. The molecule has 0 atom stereocenters. The number of carbonyl (C=O) groups is 2. The molecule has 0 saturated heterocycles. The van der Waals surface area contributed by atoms with E-state index >= 15 is 0 Å². The fourth-order valence-corrected chi connectivity index (χ4v) is 4.79. The molecule has 3 aromatic carbocycles. The van der Waals surface area contributed by atoms with Crippen LogP contribution in [-0.4, -0.2) is 32.2 Å². The van der Waals surface area contributed by atoms with Crippen LogP contribution in [0.25, 0.3) is 0 Å². The summed E-state index contributed by atoms with van der Waals surface area (Å²) in [6.07, 6.45) is 0. The smallest absolute Gasteiger partial charge is 0.261 e. The van der Waals surface area contributed by atoms with Gasteiger partial charge in [-0.05, 0) is 42.3 Å². The van der Waals surface area contributed by atoms with Crippen LogP contribution in [0.3, 0.4) is 0 Å². The number of aryl methyl sites for hydroxylation is 1. The maximum Gasteiger partial charge on any atom is 0.261 e. The summed E-state index contributed by atoms with van der Waals surface area (Å²) in [4.78, 5) is 26.4. The molecule has 1 aliphatic rings. The molecule has 0 aliphatic carbocycles. The molecular weight excluding hydrogens is 428 g/mol. The normalized spacial score (nSPS) is 13.4. The Morgan fingerprint density at radius 2 is 1.47 bits per heavy atom. The maximum atomic E-state index is 13.0. The summed E-state index contributed by atoms with van der Waals surface area (Å²) in [6, 6.07) is 18.7. The van der Waals surface area contributed by atoms with E-state index < -0.39 is 21.8 Å². The molecule has 0 saturated carbocycles. The van der Waals surface area contributed by atoms with Crippen LogP contribution in [0, 0.1) is 6.92 Å². The Balaban J connectivity index is 1.58. The zero-order chi connectivity index (χ0) is 22.9. The largest absolute Gasteiger partial charge is 0.495 e. The number of hydrogen-bond donors (Lipinski definition) is 1. The van der Waals surface area contributed by atoms with E-state index in [9.17, 15) is 18.0 Å². The van der Waals surface area contributed by atoms with Crippen LogP contribution in [0.4, 0.5) is 0 Å². The lowest BCUT2D eigenvalue weighted by Gasteiger charge is -2.16. The van der Waals surface area contributed by atoms with Crippen LogP contribution in [0.2, 0.25) is 0 Å². The number of nitrogens with one attached hydrogen (secondary N) is 1. The Hall–Kier alpha value is -3.49. The topological polar surface area (TPSA) is 92.8 Å². The Morgan fingerprint density at radius 3 is 2.06 bits per heavy atom. The second-order valence-corrected chi connectivity index (χ2v) is 9.27. The minimum absolute atomic E-state index is 0.0448. The van der Waals surface area contributed by atoms with Crippen molar-refractivity contribution in [1.82, 2.24) is 9.62 Å². The number of benzene rings is 3. The van der Waals surface area contributed by atoms with Crippen molar-refractivity contribution in [2.24, 2.45) is 0 Å². The van der Waals surface area contributed by atoms with E-state index in [0.29, 0.717) is 16.7 Å². The van der Waals surface area contributed by atoms with Crippen LogP contribution in [0.1, 0.15) is 37.4 Å². The van der Waals surface area contributed by atoms with Crippen LogP contribution >= 0.6 is 0 Å². The molecule has 0 fully saturated rings. The number of ether oxygens (including phenoxy) is 1. The number of rotatable bonds is 7. The quantitative estimate of drug-likeness (QED) is 0.558. The number of imide groups is 1. The number of methoxy groups -OCH3 is 1. The molecule has 2 amide bonds. The maximum absolute atomic E-state index is 13.0. The number of fused-ring (bicyclic) bond motifs is 1. The first-order valence-electron chi connectivity index (χ1n) is 9.97. The summed E-state index contributed by atoms with van der Waals surface area (Å²) in [5, 5.41) is 0. The van der Waals surface area contributed by atoms with Gasteiger partial charge in [0.25, 0.3) is 11.8 Å². The first kappa shape index (κ1) is 21.7. The molecule has 3 aromatic rings. The van der Waals surface area contributed by atoms with Crippen molar-refractivity contribution >= 4 is 21.8 Å². The third-order valence-corrected chi connectivity index (χ3v) is 6.75. The Labute approximate surface area is 186 Å². The van der Waals surface area contributed by atoms with Gasteiger partial charge < -0.3 is 4.74 Å². The third kappa shape index (κ3) is 4.15. The predicted octanol–water partition coefficient (Wildman–Crippen LogP) is 3.28. The lowest BCUT2D eigenvalue weighted by atomic mass is 10.1. The van der Waals surface area contributed by atoms with Crippen molar-refractivity contribution in [3.05, 3.63) is 94.5 Å². The fourth-order valence-electron chi connectivity index (χ4n) is 3.56. The molecule has 32 heavy (non-hydrogen) atoms.